The number of nitrogens with zero attached hydrogens (tertiary/aromatic N) is 2. The van der Waals surface area contributed by atoms with Crippen molar-refractivity contribution < 1.29 is 14.3 Å². The van der Waals surface area contributed by atoms with Gasteiger partial charge in [0.25, 0.3) is 0 Å². The maximum atomic E-state index is 12.6. The van der Waals surface area contributed by atoms with Gasteiger partial charge in [-0.15, -0.1) is 0 Å². The lowest BCUT2D eigenvalue weighted by Crippen LogP contribution is -2.42. The molecular formula is C16H26N2O3. The molecule has 1 spiro atoms. The molecule has 5 nitrogen and oxygen atoms in total. The molecule has 0 aromatic carbocycles. The minimum absolute atomic E-state index is 0.00859. The summed E-state index contributed by atoms with van der Waals surface area (Å²) < 4.78 is 5.54. The van der Waals surface area contributed by atoms with Crippen LogP contribution in [0.2, 0.25) is 0 Å². The predicted molar refractivity (Wildman–Crippen MR) is 78.6 cm³/mol. The SMILES string of the molecule is CC(C)CCN1C(=O)CC(N2CCC3(CCOC3)C2)C1=O. The standard InChI is InChI=1S/C16H26N2O3/c1-12(2)3-6-18-14(19)9-13(15(18)20)17-7-4-16(10-17)5-8-21-11-16/h12-13H,3-11H2,1-2H3. The molecule has 3 rings (SSSR count). The smallest absolute Gasteiger partial charge is 0.247 e. The van der Waals surface area contributed by atoms with E-state index in [-0.39, 0.29) is 23.3 Å². The van der Waals surface area contributed by atoms with Crippen molar-refractivity contribution in [3.8, 4) is 0 Å². The minimum atomic E-state index is -0.218. The number of carbonyl (C=O) groups is 2. The van der Waals surface area contributed by atoms with Crippen LogP contribution in [0.5, 0.6) is 0 Å². The molecule has 2 atom stereocenters. The Morgan fingerprint density at radius 1 is 1.33 bits per heavy atom. The molecule has 2 amide bonds. The third kappa shape index (κ3) is 2.86. The van der Waals surface area contributed by atoms with E-state index in [1.807, 2.05) is 0 Å². The van der Waals surface area contributed by atoms with Gasteiger partial charge in [0.05, 0.1) is 19.1 Å². The third-order valence-electron chi connectivity index (χ3n) is 5.24. The van der Waals surface area contributed by atoms with Crippen LogP contribution in [0.15, 0.2) is 0 Å². The van der Waals surface area contributed by atoms with E-state index >= 15 is 0 Å². The molecular weight excluding hydrogens is 268 g/mol. The molecule has 0 aromatic heterocycles. The van der Waals surface area contributed by atoms with Crippen molar-refractivity contribution in [2.75, 3.05) is 32.8 Å². The van der Waals surface area contributed by atoms with E-state index in [1.54, 1.807) is 0 Å². The molecule has 3 aliphatic heterocycles. The Labute approximate surface area is 126 Å². The van der Waals surface area contributed by atoms with E-state index in [0.717, 1.165) is 45.6 Å². The monoisotopic (exact) mass is 294 g/mol. The van der Waals surface area contributed by atoms with E-state index < -0.39 is 0 Å². The van der Waals surface area contributed by atoms with Gasteiger partial charge in [-0.05, 0) is 31.7 Å². The number of carbonyl (C=O) groups excluding carboxylic acids is 2. The van der Waals surface area contributed by atoms with E-state index in [0.29, 0.717) is 18.9 Å². The fourth-order valence-electron chi connectivity index (χ4n) is 3.78. The van der Waals surface area contributed by atoms with Gasteiger partial charge >= 0.3 is 0 Å². The lowest BCUT2D eigenvalue weighted by Gasteiger charge is -2.25. The van der Waals surface area contributed by atoms with Crippen molar-refractivity contribution >= 4 is 11.8 Å². The quantitative estimate of drug-likeness (QED) is 0.733. The summed E-state index contributed by atoms with van der Waals surface area (Å²) in [5, 5.41) is 0. The Balaban J connectivity index is 1.62. The second kappa shape index (κ2) is 5.69. The first kappa shape index (κ1) is 15.0. The average molecular weight is 294 g/mol. The van der Waals surface area contributed by atoms with Crippen molar-refractivity contribution in [1.82, 2.24) is 9.80 Å². The van der Waals surface area contributed by atoms with Gasteiger partial charge in [-0.3, -0.25) is 19.4 Å². The molecule has 3 aliphatic rings. The van der Waals surface area contributed by atoms with Gasteiger partial charge in [0, 0.05) is 25.1 Å². The molecule has 3 fully saturated rings. The summed E-state index contributed by atoms with van der Waals surface area (Å²) in [4.78, 5) is 28.4. The molecule has 0 aromatic rings. The highest BCUT2D eigenvalue weighted by Gasteiger charge is 2.48. The maximum absolute atomic E-state index is 12.6. The van der Waals surface area contributed by atoms with Crippen LogP contribution < -0.4 is 0 Å². The van der Waals surface area contributed by atoms with E-state index in [9.17, 15) is 9.59 Å². The summed E-state index contributed by atoms with van der Waals surface area (Å²) in [5.74, 6) is 0.543. The van der Waals surface area contributed by atoms with Gasteiger partial charge in [0.2, 0.25) is 11.8 Å². The molecule has 5 heteroatoms. The number of hydrogen-bond acceptors (Lipinski definition) is 4. The van der Waals surface area contributed by atoms with Gasteiger partial charge < -0.3 is 4.74 Å². The van der Waals surface area contributed by atoms with Crippen LogP contribution in [-0.4, -0.2) is 60.5 Å². The number of imide groups is 1. The summed E-state index contributed by atoms with van der Waals surface area (Å²) in [6.07, 6.45) is 3.45. The van der Waals surface area contributed by atoms with Gasteiger partial charge in [-0.1, -0.05) is 13.8 Å². The second-order valence-electron chi connectivity index (χ2n) is 7.31. The predicted octanol–water partition coefficient (Wildman–Crippen LogP) is 1.27. The van der Waals surface area contributed by atoms with Crippen LogP contribution >= 0.6 is 0 Å². The van der Waals surface area contributed by atoms with Crippen LogP contribution in [0.4, 0.5) is 0 Å². The zero-order valence-electron chi connectivity index (χ0n) is 13.1. The minimum Gasteiger partial charge on any atom is -0.381 e. The molecule has 0 aliphatic carbocycles. The summed E-state index contributed by atoms with van der Waals surface area (Å²) in [5.41, 5.74) is 0.245. The van der Waals surface area contributed by atoms with Crippen LogP contribution in [0.1, 0.15) is 39.5 Å². The highest BCUT2D eigenvalue weighted by atomic mass is 16.5. The molecule has 118 valence electrons. The first-order valence-corrected chi connectivity index (χ1v) is 8.17. The van der Waals surface area contributed by atoms with Gasteiger partial charge in [0.1, 0.15) is 0 Å². The molecule has 21 heavy (non-hydrogen) atoms. The fourth-order valence-corrected chi connectivity index (χ4v) is 3.78. The van der Waals surface area contributed by atoms with Gasteiger partial charge in [0.15, 0.2) is 0 Å². The number of likely N-dealkylation sites (tertiary alicyclic amines) is 2. The molecule has 0 N–H and O–H groups in total. The van der Waals surface area contributed by atoms with Crippen LogP contribution in [0, 0.1) is 11.3 Å². The van der Waals surface area contributed by atoms with Crippen molar-refractivity contribution in [3.05, 3.63) is 0 Å². The first-order chi connectivity index (χ1) is 10.0. The number of hydrogen-bond donors (Lipinski definition) is 0. The average Bonchev–Trinajstić information content (AvgIpc) is 3.12. The lowest BCUT2D eigenvalue weighted by molar-refractivity contribution is -0.139. The molecule has 2 unspecified atom stereocenters. The van der Waals surface area contributed by atoms with Crippen molar-refractivity contribution in [1.29, 1.82) is 0 Å². The van der Waals surface area contributed by atoms with Crippen LogP contribution in [0.25, 0.3) is 0 Å². The Kier molecular flexibility index (Phi) is 4.06. The maximum Gasteiger partial charge on any atom is 0.247 e. The van der Waals surface area contributed by atoms with E-state index in [2.05, 4.69) is 18.7 Å². The van der Waals surface area contributed by atoms with Crippen LogP contribution in [-0.2, 0) is 14.3 Å². The van der Waals surface area contributed by atoms with Crippen molar-refractivity contribution in [2.45, 2.75) is 45.6 Å². The van der Waals surface area contributed by atoms with E-state index in [4.69, 9.17) is 4.74 Å². The summed E-state index contributed by atoms with van der Waals surface area (Å²) >= 11 is 0. The molecule has 3 heterocycles. The zero-order chi connectivity index (χ0) is 15.0. The Morgan fingerprint density at radius 3 is 2.81 bits per heavy atom. The molecule has 3 saturated heterocycles. The van der Waals surface area contributed by atoms with E-state index in [1.165, 1.54) is 4.90 Å². The Bertz CT molecular complexity index is 429. The lowest BCUT2D eigenvalue weighted by atomic mass is 9.87. The molecule has 0 radical (unpaired) electrons. The topological polar surface area (TPSA) is 49.9 Å². The van der Waals surface area contributed by atoms with Gasteiger partial charge in [-0.2, -0.15) is 0 Å². The second-order valence-corrected chi connectivity index (χ2v) is 7.31. The summed E-state index contributed by atoms with van der Waals surface area (Å²) in [7, 11) is 0. The number of rotatable bonds is 4. The molecule has 0 bridgehead atoms. The highest BCUT2D eigenvalue weighted by Crippen LogP contribution is 2.40. The first-order valence-electron chi connectivity index (χ1n) is 8.17. The zero-order valence-corrected chi connectivity index (χ0v) is 13.1. The Morgan fingerprint density at radius 2 is 2.14 bits per heavy atom. The molecule has 0 saturated carbocycles. The van der Waals surface area contributed by atoms with Crippen molar-refractivity contribution in [2.24, 2.45) is 11.3 Å². The van der Waals surface area contributed by atoms with Crippen LogP contribution in [0.3, 0.4) is 0 Å². The highest BCUT2D eigenvalue weighted by molar-refractivity contribution is 6.05. The number of amides is 2. The Hall–Kier alpha value is -0.940. The van der Waals surface area contributed by atoms with Gasteiger partial charge in [-0.25, -0.2) is 0 Å². The summed E-state index contributed by atoms with van der Waals surface area (Å²) in [6.45, 7) is 8.30. The summed E-state index contributed by atoms with van der Waals surface area (Å²) in [6, 6.07) is -0.218. The third-order valence-corrected chi connectivity index (χ3v) is 5.24. The normalized spacial score (nSPS) is 34.0. The fraction of sp³-hybridized carbons (Fsp3) is 0.875. The largest absolute Gasteiger partial charge is 0.381 e. The number of ether oxygens (including phenoxy) is 1. The van der Waals surface area contributed by atoms with Crippen molar-refractivity contribution in [3.63, 3.8) is 0 Å².